The normalized spacial score (nSPS) is 8.29. The second kappa shape index (κ2) is 5.48. The van der Waals surface area contributed by atoms with E-state index in [2.05, 4.69) is 0 Å². The van der Waals surface area contributed by atoms with Gasteiger partial charge in [0, 0.05) is 10.4 Å². The molecule has 4 nitrogen and oxygen atoms in total. The Morgan fingerprint density at radius 2 is 1.14 bits per heavy atom. The zero-order valence-electron chi connectivity index (χ0n) is 2.79. The van der Waals surface area contributed by atoms with Crippen LogP contribution in [0.15, 0.2) is 0 Å². The molecule has 0 saturated heterocycles. The minimum atomic E-state index is -5.17. The minimum absolute atomic E-state index is 0. The van der Waals surface area contributed by atoms with Gasteiger partial charge in [-0.3, -0.25) is 8.42 Å². The van der Waals surface area contributed by atoms with Crippen LogP contribution in [0.1, 0.15) is 0 Å². The van der Waals surface area contributed by atoms with Crippen LogP contribution in [0.2, 0.25) is 0 Å². The van der Waals surface area contributed by atoms with Crippen molar-refractivity contribution in [2.24, 2.45) is 0 Å². The molecule has 0 unspecified atom stereocenters. The van der Waals surface area contributed by atoms with E-state index in [1.165, 1.54) is 0 Å². The van der Waals surface area contributed by atoms with Crippen molar-refractivity contribution in [1.29, 1.82) is 0 Å². The molecular weight excluding hydrogens is 331 g/mol. The average Bonchev–Trinajstić information content (AvgIpc) is 0.722. The molecule has 0 rings (SSSR count). The van der Waals surface area contributed by atoms with Gasteiger partial charge in [-0.1, -0.05) is 0 Å². The van der Waals surface area contributed by atoms with Gasteiger partial charge in [0.2, 0.25) is 24.0 Å². The third-order valence-corrected chi connectivity index (χ3v) is 0. The molecule has 0 saturated carbocycles. The number of rotatable bonds is 0. The Bertz CT molecular complexity index is 94.9. The fourth-order valence-corrected chi connectivity index (χ4v) is 0. The van der Waals surface area contributed by atoms with Crippen molar-refractivity contribution in [2.45, 2.75) is 0 Å². The molecule has 0 aliphatic heterocycles. The van der Waals surface area contributed by atoms with Gasteiger partial charge in [-0.25, -0.2) is 0 Å². The van der Waals surface area contributed by atoms with Crippen molar-refractivity contribution in [2.75, 3.05) is 0 Å². The van der Waals surface area contributed by atoms with E-state index in [1.54, 1.807) is 0 Å². The minimum Gasteiger partial charge on any atom is -0.759 e. The molecule has 0 heterocycles. The maximum Gasteiger partial charge on any atom is 1.00 e. The summed E-state index contributed by atoms with van der Waals surface area (Å²) in [6.45, 7) is 0. The van der Waals surface area contributed by atoms with E-state index in [-0.39, 0.29) is 46.4 Å². The standard InChI is InChI=1S/Ag.H2I.H2O4S/c;;1-5(2,3)4/h;1H2;(H2,1,2,3,4)/q2*+1;/p-2. The van der Waals surface area contributed by atoms with Crippen molar-refractivity contribution >= 4 is 10.4 Å². The van der Waals surface area contributed by atoms with Gasteiger partial charge in [-0.05, 0) is 0 Å². The van der Waals surface area contributed by atoms with Crippen LogP contribution in [0.5, 0.6) is 0 Å². The van der Waals surface area contributed by atoms with Crippen molar-refractivity contribution in [1.82, 2.24) is 0 Å². The van der Waals surface area contributed by atoms with Gasteiger partial charge in [0.1, 0.15) is 0 Å². The number of hydrogen-bond donors (Lipinski definition) is 0. The molecule has 0 fully saturated rings. The molecule has 0 spiro atoms. The van der Waals surface area contributed by atoms with Crippen LogP contribution in [0.25, 0.3) is 0 Å². The molecule has 0 amide bonds. The summed E-state index contributed by atoms with van der Waals surface area (Å²) in [6.07, 6.45) is 0. The van der Waals surface area contributed by atoms with Crippen molar-refractivity contribution in [3.63, 3.8) is 0 Å². The summed E-state index contributed by atoms with van der Waals surface area (Å²) in [6, 6.07) is 0. The molecule has 0 N–H and O–H groups in total. The Labute approximate surface area is 73.8 Å². The molecule has 0 aromatic heterocycles. The fraction of sp³-hybridized carbons (Fsp3) is 0. The maximum absolute atomic E-state index is 8.52. The van der Waals surface area contributed by atoms with Gasteiger partial charge in [0.15, 0.2) is 0 Å². The van der Waals surface area contributed by atoms with E-state index >= 15 is 0 Å². The Morgan fingerprint density at radius 3 is 1.14 bits per heavy atom. The summed E-state index contributed by atoms with van der Waals surface area (Å²) >= 11 is 0. The van der Waals surface area contributed by atoms with Crippen LogP contribution in [0.3, 0.4) is 0 Å². The molecule has 0 aromatic rings. The Hall–Kier alpha value is 1.34. The second-order valence-corrected chi connectivity index (χ2v) is 1.22. The summed E-state index contributed by atoms with van der Waals surface area (Å²) in [5.41, 5.74) is 0. The van der Waals surface area contributed by atoms with Gasteiger partial charge >= 0.3 is 22.4 Å². The maximum atomic E-state index is 8.52. The van der Waals surface area contributed by atoms with Crippen molar-refractivity contribution in [3.8, 4) is 0 Å². The average molecular weight is 333 g/mol. The first-order valence-corrected chi connectivity index (χ1v) is 2.00. The summed E-state index contributed by atoms with van der Waals surface area (Å²) in [5.74, 6) is 0. The molecule has 50 valence electrons. The van der Waals surface area contributed by atoms with Gasteiger partial charge in [0.25, 0.3) is 0 Å². The summed E-state index contributed by atoms with van der Waals surface area (Å²) in [7, 11) is -5.17. The molecule has 0 aromatic carbocycles. The quantitative estimate of drug-likeness (QED) is 0.193. The van der Waals surface area contributed by atoms with Crippen LogP contribution in [0.4, 0.5) is 0 Å². The predicted molar refractivity (Wildman–Crippen MR) is 13.3 cm³/mol. The van der Waals surface area contributed by atoms with Gasteiger partial charge in [-0.15, -0.1) is 0 Å². The first-order valence-electron chi connectivity index (χ1n) is 0.667. The van der Waals surface area contributed by atoms with E-state index in [9.17, 15) is 0 Å². The summed E-state index contributed by atoms with van der Waals surface area (Å²) < 4.78 is 34.1. The molecule has 0 aliphatic rings. The van der Waals surface area contributed by atoms with Crippen molar-refractivity contribution < 1.29 is 63.9 Å². The first-order chi connectivity index (χ1) is 2.00. The molecular formula is H2AgIO4S. The molecule has 7 heavy (non-hydrogen) atoms. The zero-order valence-corrected chi connectivity index (χ0v) is 7.64. The third kappa shape index (κ3) is 117. The van der Waals surface area contributed by atoms with Crippen LogP contribution >= 0.6 is 0 Å². The monoisotopic (exact) mass is 332 g/mol. The number of halogens is 1. The summed E-state index contributed by atoms with van der Waals surface area (Å²) in [4.78, 5) is 0. The van der Waals surface area contributed by atoms with Gasteiger partial charge < -0.3 is 9.11 Å². The van der Waals surface area contributed by atoms with E-state index in [4.69, 9.17) is 17.5 Å². The molecule has 0 atom stereocenters. The van der Waals surface area contributed by atoms with Crippen LogP contribution < -0.4 is 24.0 Å². The topological polar surface area (TPSA) is 80.3 Å². The first kappa shape index (κ1) is 15.8. The molecule has 0 bridgehead atoms. The Kier molecular flexibility index (Phi) is 12.3. The van der Waals surface area contributed by atoms with E-state index in [0.29, 0.717) is 0 Å². The summed E-state index contributed by atoms with van der Waals surface area (Å²) in [5, 5.41) is 0. The van der Waals surface area contributed by atoms with Crippen LogP contribution in [0, 0.1) is 0 Å². The Morgan fingerprint density at radius 1 is 1.14 bits per heavy atom. The van der Waals surface area contributed by atoms with Gasteiger partial charge in [0.05, 0.1) is 0 Å². The second-order valence-electron chi connectivity index (χ2n) is 0.408. The molecule has 0 aliphatic carbocycles. The van der Waals surface area contributed by atoms with E-state index < -0.39 is 10.4 Å². The Balaban J connectivity index is -0.0000000800. The molecule has 7 heteroatoms. The fourth-order valence-electron chi connectivity index (χ4n) is 0. The van der Waals surface area contributed by atoms with Crippen LogP contribution in [-0.2, 0) is 32.8 Å². The van der Waals surface area contributed by atoms with E-state index in [0.717, 1.165) is 0 Å². The number of hydrogen-bond acceptors (Lipinski definition) is 4. The predicted octanol–water partition coefficient (Wildman–Crippen LogP) is -4.87. The zero-order chi connectivity index (χ0) is 4.50. The third-order valence-electron chi connectivity index (χ3n) is 0. The van der Waals surface area contributed by atoms with Crippen molar-refractivity contribution in [3.05, 3.63) is 0 Å². The van der Waals surface area contributed by atoms with Gasteiger partial charge in [-0.2, -0.15) is 0 Å². The SMILES string of the molecule is O=S(=O)([O-])[O-].[Ag+].[IH2+]. The van der Waals surface area contributed by atoms with Crippen LogP contribution in [-0.4, -0.2) is 17.5 Å². The largest absolute Gasteiger partial charge is 1.00 e. The molecule has 0 radical (unpaired) electrons. The smallest absolute Gasteiger partial charge is 0.759 e. The van der Waals surface area contributed by atoms with E-state index in [1.807, 2.05) is 0 Å².